The first kappa shape index (κ1) is 48.6. The van der Waals surface area contributed by atoms with Crippen LogP contribution in [0, 0.1) is 18.2 Å². The Labute approximate surface area is 327 Å². The zero-order chi connectivity index (χ0) is 35.7. The van der Waals surface area contributed by atoms with Crippen molar-refractivity contribution in [2.45, 2.75) is 81.2 Å². The van der Waals surface area contributed by atoms with Gasteiger partial charge in [0.25, 0.3) is 5.91 Å². The Balaban J connectivity index is -0.000000724. The summed E-state index contributed by atoms with van der Waals surface area (Å²) in [5.74, 6) is -0.203. The normalized spacial score (nSPS) is 12.6. The van der Waals surface area contributed by atoms with Crippen molar-refractivity contribution in [2.75, 3.05) is 30.8 Å². The van der Waals surface area contributed by atoms with Crippen molar-refractivity contribution in [3.63, 3.8) is 0 Å². The van der Waals surface area contributed by atoms with Gasteiger partial charge in [0.2, 0.25) is 0 Å². The predicted octanol–water partition coefficient (Wildman–Crippen LogP) is 6.56. The van der Waals surface area contributed by atoms with E-state index in [1.54, 1.807) is 37.5 Å². The van der Waals surface area contributed by atoms with Crippen LogP contribution in [0.3, 0.4) is 0 Å². The number of hydrogen-bond donors (Lipinski definition) is 2. The summed E-state index contributed by atoms with van der Waals surface area (Å²) in [6.45, 7) is 23.8. The van der Waals surface area contributed by atoms with Gasteiger partial charge in [-0.2, -0.15) is 6.20 Å². The minimum atomic E-state index is -0.273. The molecule has 0 spiro atoms. The van der Waals surface area contributed by atoms with Crippen molar-refractivity contribution < 1.29 is 65.4 Å². The third-order valence-corrected chi connectivity index (χ3v) is 6.27. The topological polar surface area (TPSA) is 105 Å². The summed E-state index contributed by atoms with van der Waals surface area (Å²) < 4.78 is 13.6. The fourth-order valence-corrected chi connectivity index (χ4v) is 4.25. The molecule has 3 N–H and O–H groups in total. The van der Waals surface area contributed by atoms with Crippen LogP contribution in [-0.4, -0.2) is 43.6 Å². The average molecular weight is 674 g/mol. The number of aryl methyl sites for hydroxylation is 1. The number of carbonyl (C=O) groups excluding carboxylic acids is 2. The monoisotopic (exact) mass is 673 g/mol. The van der Waals surface area contributed by atoms with Gasteiger partial charge < -0.3 is 20.7 Å². The van der Waals surface area contributed by atoms with E-state index >= 15 is 0 Å². The van der Waals surface area contributed by atoms with Crippen LogP contribution in [0.15, 0.2) is 90.2 Å². The number of allylic oxidation sites excluding steroid dienone is 1. The molecule has 0 atom stereocenters. The molecule has 0 aliphatic carbocycles. The second kappa shape index (κ2) is 29.3. The number of halogens is 1. The maximum atomic E-state index is 13.6. The molecule has 0 fully saturated rings. The number of nitrogens with zero attached hydrogens (tertiary/aromatic N) is 3. The molecule has 3 rings (SSSR count). The summed E-state index contributed by atoms with van der Waals surface area (Å²) in [5, 5.41) is 12.4. The zero-order valence-corrected chi connectivity index (χ0v) is 33.7. The van der Waals surface area contributed by atoms with E-state index in [9.17, 15) is 9.18 Å². The van der Waals surface area contributed by atoms with Gasteiger partial charge in [-0.15, -0.1) is 13.6 Å². The number of anilines is 2. The van der Waals surface area contributed by atoms with E-state index in [2.05, 4.69) is 32.7 Å². The van der Waals surface area contributed by atoms with Gasteiger partial charge in [0.1, 0.15) is 18.4 Å². The minimum absolute atomic E-state index is 0. The summed E-state index contributed by atoms with van der Waals surface area (Å²) in [7, 11) is 1.67. The Morgan fingerprint density at radius 3 is 2.19 bits per heavy atom. The first-order valence-corrected chi connectivity index (χ1v) is 15.9. The molecule has 1 aliphatic rings. The van der Waals surface area contributed by atoms with Gasteiger partial charge in [-0.1, -0.05) is 84.4 Å². The predicted molar refractivity (Wildman–Crippen MR) is 197 cm³/mol. The number of rotatable bonds is 10. The number of amides is 1. The molecule has 2 aromatic rings. The number of carbonyl (C=O) groups is 2. The SMILES string of the molecule is C=CCN(CCC)c1ccc(N)cc1F.C=O.CC.CC/C=C(/C)C1=C/C(=C\[N-]C)C(=N)N(Cc2ccccc2C)C1=O.CCC.[K+]. The Bertz CT molecular complexity index is 1310. The summed E-state index contributed by atoms with van der Waals surface area (Å²) in [6, 6.07) is 12.7. The summed E-state index contributed by atoms with van der Waals surface area (Å²) >= 11 is 0. The van der Waals surface area contributed by atoms with E-state index in [0.29, 0.717) is 35.6 Å². The Hall–Kier alpha value is -2.82. The van der Waals surface area contributed by atoms with E-state index in [1.165, 1.54) is 17.4 Å². The number of nitrogens with two attached hydrogens (primary N) is 1. The number of benzene rings is 2. The quantitative estimate of drug-likeness (QED) is 0.169. The van der Waals surface area contributed by atoms with Crippen molar-refractivity contribution in [1.82, 2.24) is 4.90 Å². The van der Waals surface area contributed by atoms with E-state index in [4.69, 9.17) is 15.9 Å². The van der Waals surface area contributed by atoms with Crippen molar-refractivity contribution >= 4 is 29.9 Å². The summed E-state index contributed by atoms with van der Waals surface area (Å²) in [5.41, 5.74) is 10.9. The van der Waals surface area contributed by atoms with Gasteiger partial charge in [-0.05, 0) is 73.2 Å². The van der Waals surface area contributed by atoms with Crippen molar-refractivity contribution in [2.24, 2.45) is 0 Å². The van der Waals surface area contributed by atoms with E-state index in [1.807, 2.05) is 76.6 Å². The number of amidine groups is 1. The van der Waals surface area contributed by atoms with Crippen molar-refractivity contribution in [1.29, 1.82) is 5.41 Å². The standard InChI is InChI=1S/C20H25N3O.C12H17FN2.C3H8.C2H6.CH2O.K/c1-5-8-15(3)18-11-17(12-22-4)19(21)23(20(18)24)13-16-10-7-6-9-14(16)2;1-3-7-15(8-4-2)12-6-5-10(14)9-11(12)13;1-3-2;2*1-2;/h6-12H,5,13H2,1-4H3,(H2,21,22,24);3,5-6,9H,1,4,7-8,14H2,2H3;3H2,1-2H3;1-2H3;1H2;/q;;;;;+1/p-1/b15-8-;;;;;. The molecule has 0 radical (unpaired) electrons. The minimum Gasteiger partial charge on any atom is -0.693 e. The van der Waals surface area contributed by atoms with Crippen LogP contribution in [0.5, 0.6) is 0 Å². The molecular weight excluding hydrogens is 617 g/mol. The maximum Gasteiger partial charge on any atom is 1.00 e. The molecule has 0 saturated carbocycles. The summed E-state index contributed by atoms with van der Waals surface area (Å²) in [6.07, 6.45) is 10.3. The molecule has 1 aliphatic heterocycles. The molecule has 9 heteroatoms. The first-order chi connectivity index (χ1) is 22.1. The number of hydrogen-bond acceptors (Lipinski definition) is 5. The third-order valence-electron chi connectivity index (χ3n) is 6.27. The molecule has 7 nitrogen and oxygen atoms in total. The largest absolute Gasteiger partial charge is 1.00 e. The molecule has 0 unspecified atom stereocenters. The zero-order valence-electron chi connectivity index (χ0n) is 30.6. The second-order valence-corrected chi connectivity index (χ2v) is 10.0. The van der Waals surface area contributed by atoms with Gasteiger partial charge >= 0.3 is 51.4 Å². The van der Waals surface area contributed by atoms with E-state index in [0.717, 1.165) is 36.1 Å². The number of nitrogen functional groups attached to an aromatic ring is 1. The average Bonchev–Trinajstić information content (AvgIpc) is 3.04. The molecule has 254 valence electrons. The van der Waals surface area contributed by atoms with Gasteiger partial charge in [-0.3, -0.25) is 15.1 Å². The van der Waals surface area contributed by atoms with Gasteiger partial charge in [0, 0.05) is 24.4 Å². The smallest absolute Gasteiger partial charge is 0.693 e. The Morgan fingerprint density at radius 2 is 1.70 bits per heavy atom. The first-order valence-electron chi connectivity index (χ1n) is 15.9. The van der Waals surface area contributed by atoms with Gasteiger partial charge in [0.05, 0.1) is 12.2 Å². The summed E-state index contributed by atoms with van der Waals surface area (Å²) in [4.78, 5) is 24.4. The van der Waals surface area contributed by atoms with Crippen LogP contribution in [0.4, 0.5) is 15.8 Å². The van der Waals surface area contributed by atoms with Crippen LogP contribution in [-0.2, 0) is 16.1 Å². The number of nitrogens with one attached hydrogen (secondary N) is 1. The third kappa shape index (κ3) is 17.2. The Morgan fingerprint density at radius 1 is 1.11 bits per heavy atom. The van der Waals surface area contributed by atoms with Crippen LogP contribution >= 0.6 is 0 Å². The van der Waals surface area contributed by atoms with E-state index in [-0.39, 0.29) is 68.9 Å². The Kier molecular flexibility index (Phi) is 30.3. The van der Waals surface area contributed by atoms with Gasteiger partial charge in [-0.25, -0.2) is 4.39 Å². The van der Waals surface area contributed by atoms with Crippen LogP contribution in [0.2, 0.25) is 0 Å². The molecule has 47 heavy (non-hydrogen) atoms. The molecule has 0 bridgehead atoms. The second-order valence-electron chi connectivity index (χ2n) is 10.0. The maximum absolute atomic E-state index is 13.6. The van der Waals surface area contributed by atoms with Crippen molar-refractivity contribution in [3.8, 4) is 0 Å². The fraction of sp³-hybridized carbons (Fsp3) is 0.395. The molecule has 0 saturated heterocycles. The molecule has 1 amide bonds. The van der Waals surface area contributed by atoms with Crippen molar-refractivity contribution in [3.05, 3.63) is 112 Å². The van der Waals surface area contributed by atoms with Crippen LogP contribution < -0.4 is 62.0 Å². The van der Waals surface area contributed by atoms with Crippen LogP contribution in [0.1, 0.15) is 78.9 Å². The molecular formula is C38H57FKN5O2. The fourth-order valence-electron chi connectivity index (χ4n) is 4.25. The van der Waals surface area contributed by atoms with Crippen LogP contribution in [0.25, 0.3) is 5.32 Å². The molecule has 1 heterocycles. The van der Waals surface area contributed by atoms with Gasteiger partial charge in [0.15, 0.2) is 0 Å². The molecule has 0 aromatic heterocycles. The molecule has 2 aromatic carbocycles. The van der Waals surface area contributed by atoms with E-state index < -0.39 is 0 Å².